The van der Waals surface area contributed by atoms with Gasteiger partial charge in [-0.15, -0.1) is 0 Å². The van der Waals surface area contributed by atoms with Crippen molar-refractivity contribution in [3.63, 3.8) is 0 Å². The van der Waals surface area contributed by atoms with Crippen LogP contribution < -0.4 is 5.32 Å². The van der Waals surface area contributed by atoms with E-state index in [0.29, 0.717) is 23.2 Å². The number of hydrogen-bond donors (Lipinski definition) is 1. The third-order valence-corrected chi connectivity index (χ3v) is 4.69. The Kier molecular flexibility index (Phi) is 4.83. The molecule has 0 saturated heterocycles. The van der Waals surface area contributed by atoms with Gasteiger partial charge in [0.25, 0.3) is 0 Å². The Hall–Kier alpha value is -1.92. The third kappa shape index (κ3) is 3.28. The first-order chi connectivity index (χ1) is 10.3. The van der Waals surface area contributed by atoms with Crippen molar-refractivity contribution < 1.29 is 9.72 Å². The Morgan fingerprint density at radius 1 is 1.36 bits per heavy atom. The first kappa shape index (κ1) is 16.5. The van der Waals surface area contributed by atoms with Crippen LogP contribution in [0.25, 0.3) is 0 Å². The maximum Gasteiger partial charge on any atom is 0.312 e. The Bertz CT molecular complexity index is 572. The van der Waals surface area contributed by atoms with E-state index in [4.69, 9.17) is 0 Å². The van der Waals surface area contributed by atoms with Crippen LogP contribution in [-0.4, -0.2) is 26.7 Å². The van der Waals surface area contributed by atoms with Crippen molar-refractivity contribution in [1.82, 2.24) is 15.1 Å². The van der Waals surface area contributed by atoms with Gasteiger partial charge in [-0.25, -0.2) is 0 Å². The maximum absolute atomic E-state index is 12.3. The summed E-state index contributed by atoms with van der Waals surface area (Å²) in [5.41, 5.74) is 0.754. The lowest BCUT2D eigenvalue weighted by Gasteiger charge is -2.35. The minimum atomic E-state index is -0.447. The molecule has 2 atom stereocenters. The molecule has 0 aliphatic heterocycles. The molecule has 122 valence electrons. The van der Waals surface area contributed by atoms with Crippen LogP contribution >= 0.6 is 0 Å². The summed E-state index contributed by atoms with van der Waals surface area (Å²) >= 11 is 0. The highest BCUT2D eigenvalue weighted by molar-refractivity contribution is 5.76. The van der Waals surface area contributed by atoms with Gasteiger partial charge in [-0.05, 0) is 38.5 Å². The van der Waals surface area contributed by atoms with Crippen molar-refractivity contribution in [2.75, 3.05) is 0 Å². The highest BCUT2D eigenvalue weighted by Crippen LogP contribution is 2.29. The second kappa shape index (κ2) is 6.46. The SMILES string of the molecule is Cc1nn(CC(=O)NC2[C@H](C)CCC[C@H]2C)c(C)c1[N+](=O)[O-]. The topological polar surface area (TPSA) is 90.1 Å². The normalized spacial score (nSPS) is 22.5. The van der Waals surface area contributed by atoms with Crippen LogP contribution in [0.1, 0.15) is 44.5 Å². The van der Waals surface area contributed by atoms with Gasteiger partial charge in [0.1, 0.15) is 17.9 Å². The molecule has 7 heteroatoms. The molecule has 1 aliphatic carbocycles. The summed E-state index contributed by atoms with van der Waals surface area (Å²) in [7, 11) is 0. The molecular formula is C15H24N4O3. The molecule has 7 nitrogen and oxygen atoms in total. The zero-order valence-electron chi connectivity index (χ0n) is 13.6. The smallest absolute Gasteiger partial charge is 0.312 e. The van der Waals surface area contributed by atoms with Crippen LogP contribution in [0.3, 0.4) is 0 Å². The van der Waals surface area contributed by atoms with Gasteiger partial charge in [0, 0.05) is 6.04 Å². The van der Waals surface area contributed by atoms with Gasteiger partial charge >= 0.3 is 5.69 Å². The summed E-state index contributed by atoms with van der Waals surface area (Å²) in [6, 6.07) is 0.174. The van der Waals surface area contributed by atoms with Gasteiger partial charge < -0.3 is 5.32 Å². The highest BCUT2D eigenvalue weighted by Gasteiger charge is 2.29. The predicted molar refractivity (Wildman–Crippen MR) is 82.5 cm³/mol. The van der Waals surface area contributed by atoms with Crippen molar-refractivity contribution in [1.29, 1.82) is 0 Å². The van der Waals surface area contributed by atoms with E-state index < -0.39 is 4.92 Å². The number of aromatic nitrogens is 2. The maximum atomic E-state index is 12.3. The summed E-state index contributed by atoms with van der Waals surface area (Å²) < 4.78 is 1.42. The van der Waals surface area contributed by atoms with Gasteiger partial charge in [0.2, 0.25) is 5.91 Å². The summed E-state index contributed by atoms with van der Waals surface area (Å²) in [4.78, 5) is 22.8. The van der Waals surface area contributed by atoms with Gasteiger partial charge in [-0.1, -0.05) is 20.3 Å². The van der Waals surface area contributed by atoms with Gasteiger partial charge in [0.05, 0.1) is 4.92 Å². The molecule has 1 fully saturated rings. The van der Waals surface area contributed by atoms with Gasteiger partial charge in [0.15, 0.2) is 0 Å². The van der Waals surface area contributed by atoms with E-state index in [1.165, 1.54) is 11.1 Å². The van der Waals surface area contributed by atoms with E-state index in [9.17, 15) is 14.9 Å². The molecule has 1 aromatic rings. The van der Waals surface area contributed by atoms with Crippen molar-refractivity contribution in [3.05, 3.63) is 21.5 Å². The van der Waals surface area contributed by atoms with Crippen LogP contribution in [0.4, 0.5) is 5.69 Å². The monoisotopic (exact) mass is 308 g/mol. The van der Waals surface area contributed by atoms with Crippen LogP contribution in [0.5, 0.6) is 0 Å². The number of nitrogens with zero attached hydrogens (tertiary/aromatic N) is 3. The van der Waals surface area contributed by atoms with E-state index >= 15 is 0 Å². The third-order valence-electron chi connectivity index (χ3n) is 4.69. The van der Waals surface area contributed by atoms with Crippen LogP contribution in [0.2, 0.25) is 0 Å². The number of aryl methyl sites for hydroxylation is 1. The molecule has 0 radical (unpaired) electrons. The molecule has 22 heavy (non-hydrogen) atoms. The minimum absolute atomic E-state index is 0.00722. The number of rotatable bonds is 4. The van der Waals surface area contributed by atoms with E-state index in [1.54, 1.807) is 13.8 Å². The number of nitro groups is 1. The standard InChI is InChI=1S/C15H24N4O3/c1-9-6-5-7-10(2)14(9)16-13(20)8-18-12(4)15(19(21)22)11(3)17-18/h9-10,14H,5-8H2,1-4H3,(H,16,20)/t9-,10-/m1/s1. The fraction of sp³-hybridized carbons (Fsp3) is 0.733. The van der Waals surface area contributed by atoms with Crippen LogP contribution in [0, 0.1) is 35.8 Å². The lowest BCUT2D eigenvalue weighted by atomic mass is 9.79. The molecule has 0 bridgehead atoms. The molecule has 1 amide bonds. The molecule has 0 spiro atoms. The second-order valence-electron chi connectivity index (χ2n) is 6.41. The van der Waals surface area contributed by atoms with Crippen molar-refractivity contribution in [3.8, 4) is 0 Å². The van der Waals surface area contributed by atoms with E-state index in [2.05, 4.69) is 24.3 Å². The number of carbonyl (C=O) groups is 1. The molecule has 0 unspecified atom stereocenters. The molecular weight excluding hydrogens is 284 g/mol. The quantitative estimate of drug-likeness (QED) is 0.683. The number of hydrogen-bond acceptors (Lipinski definition) is 4. The molecule has 0 aromatic carbocycles. The molecule has 1 aliphatic rings. The average molecular weight is 308 g/mol. The fourth-order valence-electron chi connectivity index (χ4n) is 3.44. The van der Waals surface area contributed by atoms with E-state index in [-0.39, 0.29) is 24.2 Å². The van der Waals surface area contributed by atoms with E-state index in [0.717, 1.165) is 12.8 Å². The van der Waals surface area contributed by atoms with E-state index in [1.807, 2.05) is 0 Å². The summed E-state index contributed by atoms with van der Waals surface area (Å²) in [5, 5.41) is 18.2. The lowest BCUT2D eigenvalue weighted by molar-refractivity contribution is -0.386. The zero-order chi connectivity index (χ0) is 16.4. The summed E-state index contributed by atoms with van der Waals surface area (Å²) in [6.07, 6.45) is 3.46. The van der Waals surface area contributed by atoms with Crippen molar-refractivity contribution in [2.45, 2.75) is 59.5 Å². The second-order valence-corrected chi connectivity index (χ2v) is 6.41. The average Bonchev–Trinajstić information content (AvgIpc) is 2.69. The van der Waals surface area contributed by atoms with Crippen molar-refractivity contribution in [2.24, 2.45) is 11.8 Å². The fourth-order valence-corrected chi connectivity index (χ4v) is 3.44. The lowest BCUT2D eigenvalue weighted by Crippen LogP contribution is -2.46. The zero-order valence-corrected chi connectivity index (χ0v) is 13.6. The molecule has 1 aromatic heterocycles. The van der Waals surface area contributed by atoms with Crippen molar-refractivity contribution >= 4 is 11.6 Å². The van der Waals surface area contributed by atoms with Gasteiger partial charge in [-0.2, -0.15) is 5.10 Å². The Labute approximate surface area is 130 Å². The number of amides is 1. The molecule has 1 saturated carbocycles. The van der Waals surface area contributed by atoms with Crippen LogP contribution in [0.15, 0.2) is 0 Å². The first-order valence-corrected chi connectivity index (χ1v) is 7.79. The minimum Gasteiger partial charge on any atom is -0.351 e. The Balaban J connectivity index is 2.06. The Morgan fingerprint density at radius 2 is 1.95 bits per heavy atom. The Morgan fingerprint density at radius 3 is 2.45 bits per heavy atom. The largest absolute Gasteiger partial charge is 0.351 e. The number of carbonyl (C=O) groups excluding carboxylic acids is 1. The summed E-state index contributed by atoms with van der Waals surface area (Å²) in [5.74, 6) is 0.788. The summed E-state index contributed by atoms with van der Waals surface area (Å²) in [6.45, 7) is 7.56. The molecule has 1 heterocycles. The predicted octanol–water partition coefficient (Wildman–Crippen LogP) is 2.35. The first-order valence-electron chi connectivity index (χ1n) is 7.79. The highest BCUT2D eigenvalue weighted by atomic mass is 16.6. The molecule has 1 N–H and O–H groups in total. The molecule has 2 rings (SSSR count). The number of nitrogens with one attached hydrogen (secondary N) is 1. The van der Waals surface area contributed by atoms with Gasteiger partial charge in [-0.3, -0.25) is 19.6 Å². The van der Waals surface area contributed by atoms with Crippen LogP contribution in [-0.2, 0) is 11.3 Å².